The van der Waals surface area contributed by atoms with Crippen molar-refractivity contribution >= 4 is 0 Å². The molecule has 1 heterocycles. The van der Waals surface area contributed by atoms with Crippen LogP contribution in [0.5, 0.6) is 11.5 Å². The Morgan fingerprint density at radius 1 is 1.21 bits per heavy atom. The van der Waals surface area contributed by atoms with Crippen LogP contribution in [-0.4, -0.2) is 36.0 Å². The third-order valence-corrected chi connectivity index (χ3v) is 3.77. The van der Waals surface area contributed by atoms with E-state index in [2.05, 4.69) is 4.90 Å². The highest BCUT2D eigenvalue weighted by Crippen LogP contribution is 2.32. The van der Waals surface area contributed by atoms with Gasteiger partial charge in [0, 0.05) is 13.1 Å². The maximum atomic E-state index is 10.3. The fourth-order valence-electron chi connectivity index (χ4n) is 2.38. The maximum absolute atomic E-state index is 10.3. The van der Waals surface area contributed by atoms with Crippen LogP contribution in [0.15, 0.2) is 18.2 Å². The van der Waals surface area contributed by atoms with E-state index in [1.54, 1.807) is 0 Å². The molecule has 0 fully saturated rings. The number of fused-ring (bicyclic) bond motifs is 1. The molecule has 0 aromatic heterocycles. The molecule has 1 aromatic rings. The van der Waals surface area contributed by atoms with Crippen LogP contribution < -0.4 is 9.47 Å². The van der Waals surface area contributed by atoms with E-state index in [1.807, 2.05) is 39.1 Å². The zero-order valence-corrected chi connectivity index (χ0v) is 12.0. The van der Waals surface area contributed by atoms with Crippen LogP contribution >= 0.6 is 0 Å². The van der Waals surface area contributed by atoms with Crippen molar-refractivity contribution in [3.8, 4) is 11.5 Å². The van der Waals surface area contributed by atoms with Crippen LogP contribution in [0, 0.1) is 0 Å². The van der Waals surface area contributed by atoms with Gasteiger partial charge in [-0.1, -0.05) is 19.9 Å². The Balaban J connectivity index is 1.97. The monoisotopic (exact) mass is 265 g/mol. The molecule has 0 saturated carbocycles. The molecule has 106 valence electrons. The molecule has 0 spiro atoms. The number of aliphatic hydroxyl groups is 1. The first-order chi connectivity index (χ1) is 9.06. The molecule has 1 aliphatic heterocycles. The van der Waals surface area contributed by atoms with E-state index < -0.39 is 5.60 Å². The molecule has 0 amide bonds. The predicted molar refractivity (Wildman–Crippen MR) is 74.4 cm³/mol. The fourth-order valence-corrected chi connectivity index (χ4v) is 2.38. The number of nitrogens with zero attached hydrogens (tertiary/aromatic N) is 1. The Hall–Kier alpha value is -1.26. The van der Waals surface area contributed by atoms with Crippen LogP contribution in [0.25, 0.3) is 0 Å². The zero-order chi connectivity index (χ0) is 13.9. The topological polar surface area (TPSA) is 41.9 Å². The number of hydrogen-bond acceptors (Lipinski definition) is 4. The molecule has 0 saturated heterocycles. The lowest BCUT2D eigenvalue weighted by Crippen LogP contribution is -2.40. The average molecular weight is 265 g/mol. The Morgan fingerprint density at radius 3 is 2.58 bits per heavy atom. The second kappa shape index (κ2) is 5.80. The second-order valence-corrected chi connectivity index (χ2v) is 5.29. The van der Waals surface area contributed by atoms with Crippen molar-refractivity contribution in [1.29, 1.82) is 0 Å². The standard InChI is InChI=1S/C15H23NO3/c1-4-15(17,5-2)10-16(3)9-12-6-7-13-14(8-12)19-11-18-13/h6-8,17H,4-5,9-11H2,1-3H3. The largest absolute Gasteiger partial charge is 0.454 e. The fraction of sp³-hybridized carbons (Fsp3) is 0.600. The van der Waals surface area contributed by atoms with Crippen LogP contribution in [0.3, 0.4) is 0 Å². The van der Waals surface area contributed by atoms with Gasteiger partial charge in [-0.05, 0) is 37.6 Å². The second-order valence-electron chi connectivity index (χ2n) is 5.29. The molecule has 1 N–H and O–H groups in total. The highest BCUT2D eigenvalue weighted by molar-refractivity contribution is 5.44. The highest BCUT2D eigenvalue weighted by Gasteiger charge is 2.24. The van der Waals surface area contributed by atoms with Gasteiger partial charge in [0.05, 0.1) is 5.60 Å². The minimum absolute atomic E-state index is 0.306. The molecule has 1 aliphatic rings. The molecule has 0 bridgehead atoms. The molecule has 0 aliphatic carbocycles. The molecule has 0 atom stereocenters. The summed E-state index contributed by atoms with van der Waals surface area (Å²) >= 11 is 0. The number of hydrogen-bond donors (Lipinski definition) is 1. The third-order valence-electron chi connectivity index (χ3n) is 3.77. The minimum atomic E-state index is -0.592. The molecule has 4 heteroatoms. The Kier molecular flexibility index (Phi) is 4.32. The molecule has 4 nitrogen and oxygen atoms in total. The summed E-state index contributed by atoms with van der Waals surface area (Å²) in [5.74, 6) is 1.62. The summed E-state index contributed by atoms with van der Waals surface area (Å²) in [6, 6.07) is 5.99. The number of benzene rings is 1. The van der Waals surface area contributed by atoms with Gasteiger partial charge in [0.25, 0.3) is 0 Å². The summed E-state index contributed by atoms with van der Waals surface area (Å²) in [6.45, 7) is 5.82. The van der Waals surface area contributed by atoms with Crippen molar-refractivity contribution in [2.24, 2.45) is 0 Å². The van der Waals surface area contributed by atoms with Crippen molar-refractivity contribution in [1.82, 2.24) is 4.90 Å². The number of ether oxygens (including phenoxy) is 2. The van der Waals surface area contributed by atoms with Gasteiger partial charge in [0.1, 0.15) is 0 Å². The lowest BCUT2D eigenvalue weighted by atomic mass is 9.97. The summed E-state index contributed by atoms with van der Waals surface area (Å²) in [6.07, 6.45) is 1.55. The molecule has 0 radical (unpaired) electrons. The summed E-state index contributed by atoms with van der Waals surface area (Å²) < 4.78 is 10.7. The molecule has 0 unspecified atom stereocenters. The van der Waals surface area contributed by atoms with Crippen molar-refractivity contribution in [2.75, 3.05) is 20.4 Å². The van der Waals surface area contributed by atoms with E-state index in [4.69, 9.17) is 9.47 Å². The van der Waals surface area contributed by atoms with Crippen molar-refractivity contribution in [3.63, 3.8) is 0 Å². The predicted octanol–water partition coefficient (Wildman–Crippen LogP) is 2.40. The lowest BCUT2D eigenvalue weighted by Gasteiger charge is -2.30. The zero-order valence-electron chi connectivity index (χ0n) is 12.0. The highest BCUT2D eigenvalue weighted by atomic mass is 16.7. The summed E-state index contributed by atoms with van der Waals surface area (Å²) in [5, 5.41) is 10.3. The minimum Gasteiger partial charge on any atom is -0.454 e. The quantitative estimate of drug-likeness (QED) is 0.857. The molecule has 1 aromatic carbocycles. The summed E-state index contributed by atoms with van der Waals surface area (Å²) in [5.41, 5.74) is 0.576. The van der Waals surface area contributed by atoms with Crippen LogP contribution in [-0.2, 0) is 6.54 Å². The lowest BCUT2D eigenvalue weighted by molar-refractivity contribution is 0.00130. The summed E-state index contributed by atoms with van der Waals surface area (Å²) in [4.78, 5) is 2.14. The molecular weight excluding hydrogens is 242 g/mol. The van der Waals surface area contributed by atoms with Gasteiger partial charge >= 0.3 is 0 Å². The van der Waals surface area contributed by atoms with E-state index in [-0.39, 0.29) is 0 Å². The van der Waals surface area contributed by atoms with Gasteiger partial charge in [0.15, 0.2) is 11.5 Å². The van der Waals surface area contributed by atoms with E-state index in [0.717, 1.165) is 30.9 Å². The van der Waals surface area contributed by atoms with E-state index in [0.29, 0.717) is 13.3 Å². The Morgan fingerprint density at radius 2 is 1.89 bits per heavy atom. The number of rotatable bonds is 6. The normalized spacial score (nSPS) is 14.2. The van der Waals surface area contributed by atoms with Gasteiger partial charge in [0.2, 0.25) is 6.79 Å². The van der Waals surface area contributed by atoms with Gasteiger partial charge in [-0.2, -0.15) is 0 Å². The first-order valence-corrected chi connectivity index (χ1v) is 6.86. The van der Waals surface area contributed by atoms with E-state index in [9.17, 15) is 5.11 Å². The van der Waals surface area contributed by atoms with Gasteiger partial charge in [-0.15, -0.1) is 0 Å². The van der Waals surface area contributed by atoms with Gasteiger partial charge in [-0.3, -0.25) is 4.90 Å². The average Bonchev–Trinajstić information content (AvgIpc) is 2.85. The van der Waals surface area contributed by atoms with E-state index in [1.165, 1.54) is 5.56 Å². The van der Waals surface area contributed by atoms with E-state index >= 15 is 0 Å². The number of likely N-dealkylation sites (N-methyl/N-ethyl adjacent to an activating group) is 1. The first-order valence-electron chi connectivity index (χ1n) is 6.86. The smallest absolute Gasteiger partial charge is 0.231 e. The van der Waals surface area contributed by atoms with Gasteiger partial charge < -0.3 is 14.6 Å². The van der Waals surface area contributed by atoms with Crippen molar-refractivity contribution < 1.29 is 14.6 Å². The van der Waals surface area contributed by atoms with Crippen molar-refractivity contribution in [3.05, 3.63) is 23.8 Å². The first kappa shape index (κ1) is 14.2. The SMILES string of the molecule is CCC(O)(CC)CN(C)Cc1ccc2c(c1)OCO2. The maximum Gasteiger partial charge on any atom is 0.231 e. The van der Waals surface area contributed by atoms with Crippen LogP contribution in [0.1, 0.15) is 32.3 Å². The van der Waals surface area contributed by atoms with Crippen LogP contribution in [0.2, 0.25) is 0 Å². The molecule has 2 rings (SSSR count). The van der Waals surface area contributed by atoms with Crippen LogP contribution in [0.4, 0.5) is 0 Å². The molecule has 19 heavy (non-hydrogen) atoms. The third kappa shape index (κ3) is 3.39. The Bertz CT molecular complexity index is 429. The summed E-state index contributed by atoms with van der Waals surface area (Å²) in [7, 11) is 2.03. The van der Waals surface area contributed by atoms with Gasteiger partial charge in [-0.25, -0.2) is 0 Å². The Labute approximate surface area is 114 Å². The van der Waals surface area contributed by atoms with Crippen molar-refractivity contribution in [2.45, 2.75) is 38.8 Å². The molecular formula is C15H23NO3.